The van der Waals surface area contributed by atoms with E-state index in [1.165, 1.54) is 18.4 Å². The molecule has 0 aliphatic heterocycles. The van der Waals surface area contributed by atoms with Crippen LogP contribution < -0.4 is 0 Å². The number of carbonyl (C=O) groups is 1. The zero-order valence-corrected chi connectivity index (χ0v) is 18.0. The van der Waals surface area contributed by atoms with Crippen LogP contribution in [0.1, 0.15) is 77.2 Å². The fraction of sp³-hybridized carbons (Fsp3) is 0.731. The minimum atomic E-state index is -0.762. The van der Waals surface area contributed by atoms with Crippen molar-refractivity contribution in [2.24, 2.45) is 28.6 Å². The van der Waals surface area contributed by atoms with Gasteiger partial charge in [-0.1, -0.05) is 37.3 Å². The van der Waals surface area contributed by atoms with E-state index < -0.39 is 11.0 Å². The van der Waals surface area contributed by atoms with Crippen molar-refractivity contribution >= 4 is 5.78 Å². The van der Waals surface area contributed by atoms with Crippen molar-refractivity contribution < 1.29 is 14.6 Å². The molecule has 4 saturated carbocycles. The number of Topliss-reactive ketones (excluding diaryl/α,β-unsaturated/α-hetero) is 1. The normalized spacial score (nSPS) is 46.7. The molecule has 1 aromatic carbocycles. The molecule has 1 N–H and O–H groups in total. The highest BCUT2D eigenvalue weighted by Gasteiger charge is 2.67. The van der Waals surface area contributed by atoms with E-state index in [1.807, 2.05) is 0 Å². The third-order valence-electron chi connectivity index (χ3n) is 9.85. The van der Waals surface area contributed by atoms with Crippen molar-refractivity contribution in [2.75, 3.05) is 0 Å². The highest BCUT2D eigenvalue weighted by Crippen LogP contribution is 2.67. The lowest BCUT2D eigenvalue weighted by Crippen LogP contribution is -2.62. The van der Waals surface area contributed by atoms with Crippen molar-refractivity contribution in [1.29, 1.82) is 0 Å². The Hall–Kier alpha value is -1.19. The summed E-state index contributed by atoms with van der Waals surface area (Å²) in [6.45, 7) is 5.26. The summed E-state index contributed by atoms with van der Waals surface area (Å²) in [5.41, 5.74) is 0.289. The van der Waals surface area contributed by atoms with E-state index in [0.29, 0.717) is 49.1 Å². The van der Waals surface area contributed by atoms with Crippen LogP contribution in [0.4, 0.5) is 0 Å². The van der Waals surface area contributed by atoms with E-state index in [4.69, 9.17) is 4.74 Å². The second-order valence-corrected chi connectivity index (χ2v) is 10.9. The minimum absolute atomic E-state index is 0.290. The Balaban J connectivity index is 1.30. The minimum Gasteiger partial charge on any atom is -0.389 e. The van der Waals surface area contributed by atoms with Crippen LogP contribution in [-0.4, -0.2) is 22.6 Å². The van der Waals surface area contributed by atoms with Crippen LogP contribution in [0.15, 0.2) is 30.3 Å². The average Bonchev–Trinajstić information content (AvgIpc) is 2.97. The number of aliphatic hydroxyl groups is 1. The molecule has 1 aromatic rings. The molecule has 0 spiro atoms. The number of rotatable bonds is 3. The molecule has 0 amide bonds. The van der Waals surface area contributed by atoms with Crippen LogP contribution in [-0.2, 0) is 16.1 Å². The zero-order valence-electron chi connectivity index (χ0n) is 18.0. The molecule has 0 radical (unpaired) electrons. The monoisotopic (exact) mass is 396 g/mol. The summed E-state index contributed by atoms with van der Waals surface area (Å²) in [6.07, 6.45) is 9.33. The van der Waals surface area contributed by atoms with Gasteiger partial charge in [0.2, 0.25) is 0 Å². The summed E-state index contributed by atoms with van der Waals surface area (Å²) in [5, 5.41) is 11.8. The molecule has 0 heterocycles. The van der Waals surface area contributed by atoms with Gasteiger partial charge in [0, 0.05) is 6.42 Å². The predicted molar refractivity (Wildman–Crippen MR) is 113 cm³/mol. The Morgan fingerprint density at radius 3 is 2.59 bits per heavy atom. The largest absolute Gasteiger partial charge is 0.389 e. The van der Waals surface area contributed by atoms with E-state index in [2.05, 4.69) is 44.2 Å². The van der Waals surface area contributed by atoms with Crippen LogP contribution >= 0.6 is 0 Å². The van der Waals surface area contributed by atoms with Gasteiger partial charge in [-0.2, -0.15) is 0 Å². The van der Waals surface area contributed by atoms with Crippen LogP contribution in [0.2, 0.25) is 0 Å². The summed E-state index contributed by atoms with van der Waals surface area (Å²) >= 11 is 0. The summed E-state index contributed by atoms with van der Waals surface area (Å²) < 4.78 is 6.32. The van der Waals surface area contributed by atoms with E-state index in [0.717, 1.165) is 32.1 Å². The Morgan fingerprint density at radius 2 is 1.79 bits per heavy atom. The van der Waals surface area contributed by atoms with Gasteiger partial charge in [-0.15, -0.1) is 0 Å². The maximum absolute atomic E-state index is 12.6. The number of fused-ring (bicyclic) bond motifs is 5. The van der Waals surface area contributed by atoms with Gasteiger partial charge < -0.3 is 9.84 Å². The van der Waals surface area contributed by atoms with Gasteiger partial charge in [-0.3, -0.25) is 4.79 Å². The Kier molecular flexibility index (Phi) is 4.71. The third kappa shape index (κ3) is 2.87. The zero-order chi connectivity index (χ0) is 20.3. The van der Waals surface area contributed by atoms with Gasteiger partial charge in [-0.25, -0.2) is 0 Å². The molecule has 158 valence electrons. The van der Waals surface area contributed by atoms with Crippen LogP contribution in [0.25, 0.3) is 0 Å². The number of ether oxygens (including phenoxy) is 1. The molecule has 0 unspecified atom stereocenters. The summed E-state index contributed by atoms with van der Waals surface area (Å²) in [6, 6.07) is 10.5. The van der Waals surface area contributed by atoms with Gasteiger partial charge in [0.15, 0.2) is 0 Å². The molecular weight excluding hydrogens is 360 g/mol. The van der Waals surface area contributed by atoms with Gasteiger partial charge >= 0.3 is 0 Å². The number of hydrogen-bond donors (Lipinski definition) is 1. The molecule has 4 aliphatic rings. The number of benzene rings is 1. The van der Waals surface area contributed by atoms with Crippen molar-refractivity contribution in [3.8, 4) is 0 Å². The number of hydrogen-bond acceptors (Lipinski definition) is 3. The molecule has 5 rings (SSSR count). The Morgan fingerprint density at radius 1 is 1.00 bits per heavy atom. The summed E-state index contributed by atoms with van der Waals surface area (Å²) in [7, 11) is 0. The maximum Gasteiger partial charge on any atom is 0.141 e. The molecule has 0 bridgehead atoms. The van der Waals surface area contributed by atoms with Crippen molar-refractivity contribution in [3.63, 3.8) is 0 Å². The van der Waals surface area contributed by atoms with Crippen LogP contribution in [0, 0.1) is 28.6 Å². The first-order chi connectivity index (χ1) is 13.9. The highest BCUT2D eigenvalue weighted by molar-refractivity contribution is 5.88. The second kappa shape index (κ2) is 6.92. The quantitative estimate of drug-likeness (QED) is 0.754. The van der Waals surface area contributed by atoms with Gasteiger partial charge in [0.05, 0.1) is 23.7 Å². The lowest BCUT2D eigenvalue weighted by Gasteiger charge is -2.62. The summed E-state index contributed by atoms with van der Waals surface area (Å²) in [4.78, 5) is 12.6. The molecule has 0 aromatic heterocycles. The van der Waals surface area contributed by atoms with Crippen molar-refractivity contribution in [3.05, 3.63) is 35.9 Å². The van der Waals surface area contributed by atoms with Gasteiger partial charge in [0.25, 0.3) is 0 Å². The maximum atomic E-state index is 12.6. The van der Waals surface area contributed by atoms with E-state index in [1.54, 1.807) is 0 Å². The van der Waals surface area contributed by atoms with Crippen LogP contribution in [0.5, 0.6) is 0 Å². The number of carbonyl (C=O) groups excluding carboxylic acids is 1. The average molecular weight is 397 g/mol. The Labute approximate surface area is 175 Å². The molecule has 3 heteroatoms. The first-order valence-electron chi connectivity index (χ1n) is 11.8. The van der Waals surface area contributed by atoms with Gasteiger partial charge in [-0.05, 0) is 87.0 Å². The SMILES string of the molecule is C[C@]12CC[C@H](OCc3ccccc3)C[C@@H]1CC[C@@H]1[C@@H]2CC[C@]2(C)C(=O)CC[C@@]12O. The lowest BCUT2D eigenvalue weighted by atomic mass is 9.44. The fourth-order valence-corrected chi connectivity index (χ4v) is 7.89. The molecular formula is C26H36O3. The smallest absolute Gasteiger partial charge is 0.141 e. The first-order valence-corrected chi connectivity index (χ1v) is 11.8. The van der Waals surface area contributed by atoms with E-state index >= 15 is 0 Å². The molecule has 29 heavy (non-hydrogen) atoms. The van der Waals surface area contributed by atoms with E-state index in [-0.39, 0.29) is 5.41 Å². The highest BCUT2D eigenvalue weighted by atomic mass is 16.5. The molecule has 7 atom stereocenters. The van der Waals surface area contributed by atoms with Crippen molar-refractivity contribution in [2.45, 2.75) is 89.9 Å². The summed E-state index contributed by atoms with van der Waals surface area (Å²) in [5.74, 6) is 1.85. The van der Waals surface area contributed by atoms with Crippen LogP contribution in [0.3, 0.4) is 0 Å². The standard InChI is InChI=1S/C26H36O3/c1-24-13-10-20(29-17-18-6-4-3-5-7-18)16-19(24)8-9-22-21(24)11-14-25(2)23(27)12-15-26(22,25)28/h3-7,19-22,28H,8-17H2,1-2H3/t19-,20-,21-,22+,24-,25+,26+/m0/s1. The molecule has 0 saturated heterocycles. The molecule has 4 fully saturated rings. The topological polar surface area (TPSA) is 46.5 Å². The fourth-order valence-electron chi connectivity index (χ4n) is 7.89. The molecule has 3 nitrogen and oxygen atoms in total. The Bertz CT molecular complexity index is 775. The predicted octanol–water partition coefficient (Wildman–Crippen LogP) is 5.30. The molecule has 4 aliphatic carbocycles. The van der Waals surface area contributed by atoms with E-state index in [9.17, 15) is 9.90 Å². The second-order valence-electron chi connectivity index (χ2n) is 10.9. The third-order valence-corrected chi connectivity index (χ3v) is 9.85. The van der Waals surface area contributed by atoms with Gasteiger partial charge in [0.1, 0.15) is 5.78 Å². The first kappa shape index (κ1) is 19.8. The van der Waals surface area contributed by atoms with Crippen molar-refractivity contribution in [1.82, 2.24) is 0 Å². The lowest BCUT2D eigenvalue weighted by molar-refractivity contribution is -0.204. The number of ketones is 1.